The van der Waals surface area contributed by atoms with Gasteiger partial charge in [-0.1, -0.05) is 31.2 Å². The maximum Gasteiger partial charge on any atom is 0.222 e. The molecule has 98 valence electrons. The molecule has 3 heteroatoms. The van der Waals surface area contributed by atoms with Crippen molar-refractivity contribution >= 4 is 5.91 Å². The predicted molar refractivity (Wildman–Crippen MR) is 73.3 cm³/mol. The number of carbonyl (C=O) groups excluding carboxylic acids is 1. The van der Waals surface area contributed by atoms with Gasteiger partial charge in [-0.15, -0.1) is 0 Å². The molecule has 1 unspecified atom stereocenters. The maximum atomic E-state index is 11.4. The van der Waals surface area contributed by atoms with E-state index >= 15 is 0 Å². The van der Waals surface area contributed by atoms with Crippen LogP contribution in [0.5, 0.6) is 0 Å². The monoisotopic (exact) mass is 246 g/mol. The molecule has 1 aromatic rings. The maximum absolute atomic E-state index is 11.4. The average molecular weight is 246 g/mol. The van der Waals surface area contributed by atoms with E-state index in [1.54, 1.807) is 0 Å². The molecule has 0 radical (unpaired) electrons. The molecule has 1 atom stereocenters. The first-order valence-corrected chi connectivity index (χ1v) is 6.74. The molecule has 0 saturated carbocycles. The van der Waals surface area contributed by atoms with Crippen LogP contribution in [0, 0.1) is 0 Å². The molecular formula is C15H22N2O. The van der Waals surface area contributed by atoms with E-state index in [4.69, 9.17) is 0 Å². The van der Waals surface area contributed by atoms with Gasteiger partial charge < -0.3 is 10.2 Å². The number of piperidine rings is 1. The number of benzene rings is 1. The van der Waals surface area contributed by atoms with Crippen molar-refractivity contribution in [2.45, 2.75) is 38.8 Å². The Morgan fingerprint density at radius 3 is 2.56 bits per heavy atom. The van der Waals surface area contributed by atoms with Crippen LogP contribution in [0.3, 0.4) is 0 Å². The van der Waals surface area contributed by atoms with Crippen LogP contribution < -0.4 is 5.32 Å². The van der Waals surface area contributed by atoms with Crippen LogP contribution in [0.15, 0.2) is 24.3 Å². The number of carbonyl (C=O) groups is 1. The summed E-state index contributed by atoms with van der Waals surface area (Å²) in [5.74, 6) is 0.264. The molecule has 18 heavy (non-hydrogen) atoms. The van der Waals surface area contributed by atoms with Crippen LogP contribution in [0.25, 0.3) is 0 Å². The van der Waals surface area contributed by atoms with Crippen LogP contribution in [0.4, 0.5) is 0 Å². The molecule has 1 aliphatic rings. The van der Waals surface area contributed by atoms with Crippen molar-refractivity contribution < 1.29 is 4.79 Å². The van der Waals surface area contributed by atoms with Gasteiger partial charge >= 0.3 is 0 Å². The Kier molecular flexibility index (Phi) is 4.37. The van der Waals surface area contributed by atoms with Crippen molar-refractivity contribution in [2.75, 3.05) is 13.6 Å². The van der Waals surface area contributed by atoms with Gasteiger partial charge in [0.1, 0.15) is 0 Å². The van der Waals surface area contributed by atoms with Gasteiger partial charge in [0.2, 0.25) is 5.91 Å². The van der Waals surface area contributed by atoms with Gasteiger partial charge in [-0.05, 0) is 24.0 Å². The summed E-state index contributed by atoms with van der Waals surface area (Å²) < 4.78 is 0. The van der Waals surface area contributed by atoms with Crippen LogP contribution in [-0.4, -0.2) is 30.4 Å². The van der Waals surface area contributed by atoms with Crippen LogP contribution in [0.2, 0.25) is 0 Å². The topological polar surface area (TPSA) is 32.3 Å². The number of rotatable bonds is 4. The highest BCUT2D eigenvalue weighted by atomic mass is 16.2. The van der Waals surface area contributed by atoms with Gasteiger partial charge in [0.15, 0.2) is 0 Å². The molecule has 0 aromatic heterocycles. The number of hydrogen-bond acceptors (Lipinski definition) is 2. The van der Waals surface area contributed by atoms with Crippen LogP contribution in [0.1, 0.15) is 30.9 Å². The largest absolute Gasteiger partial charge is 0.344 e. The highest BCUT2D eigenvalue weighted by Crippen LogP contribution is 2.11. The molecular weight excluding hydrogens is 224 g/mol. The second-order valence-corrected chi connectivity index (χ2v) is 5.06. The Balaban J connectivity index is 1.82. The van der Waals surface area contributed by atoms with Crippen molar-refractivity contribution in [1.82, 2.24) is 10.2 Å². The lowest BCUT2D eigenvalue weighted by molar-refractivity contribution is -0.132. The zero-order chi connectivity index (χ0) is 13.0. The minimum atomic E-state index is 0.264. The first-order chi connectivity index (χ1) is 8.69. The Hall–Kier alpha value is -1.35. The number of amides is 1. The third-order valence-corrected chi connectivity index (χ3v) is 3.65. The van der Waals surface area contributed by atoms with Gasteiger partial charge in [0, 0.05) is 32.6 Å². The van der Waals surface area contributed by atoms with E-state index in [1.807, 2.05) is 11.9 Å². The van der Waals surface area contributed by atoms with Crippen molar-refractivity contribution in [3.05, 3.63) is 35.4 Å². The number of aryl methyl sites for hydroxylation is 1. The standard InChI is InChI=1S/C15H22N2O/c1-3-12-4-6-13(7-5-12)10-16-14-8-9-15(18)17(2)11-14/h4-7,14,16H,3,8-11H2,1-2H3. The van der Waals surface area contributed by atoms with Gasteiger partial charge in [-0.3, -0.25) is 4.79 Å². The predicted octanol–water partition coefficient (Wildman–Crippen LogP) is 1.96. The third kappa shape index (κ3) is 3.33. The molecule has 1 amide bonds. The molecule has 1 heterocycles. The normalized spacial score (nSPS) is 20.2. The highest BCUT2D eigenvalue weighted by Gasteiger charge is 2.21. The summed E-state index contributed by atoms with van der Waals surface area (Å²) in [7, 11) is 1.88. The fraction of sp³-hybridized carbons (Fsp3) is 0.533. The first-order valence-electron chi connectivity index (χ1n) is 6.74. The third-order valence-electron chi connectivity index (χ3n) is 3.65. The Bertz CT molecular complexity index is 399. The zero-order valence-corrected chi connectivity index (χ0v) is 11.3. The summed E-state index contributed by atoms with van der Waals surface area (Å²) in [4.78, 5) is 13.2. The summed E-state index contributed by atoms with van der Waals surface area (Å²) in [6, 6.07) is 9.17. The van der Waals surface area contributed by atoms with Gasteiger partial charge in [0.25, 0.3) is 0 Å². The smallest absolute Gasteiger partial charge is 0.222 e. The summed E-state index contributed by atoms with van der Waals surface area (Å²) in [6.07, 6.45) is 2.71. The van der Waals surface area contributed by atoms with E-state index in [2.05, 4.69) is 36.5 Å². The van der Waals surface area contributed by atoms with E-state index in [0.717, 1.165) is 25.9 Å². The molecule has 1 fully saturated rings. The Morgan fingerprint density at radius 1 is 1.28 bits per heavy atom. The Morgan fingerprint density at radius 2 is 1.94 bits per heavy atom. The summed E-state index contributed by atoms with van der Waals surface area (Å²) >= 11 is 0. The van der Waals surface area contributed by atoms with E-state index in [0.29, 0.717) is 12.5 Å². The van der Waals surface area contributed by atoms with Gasteiger partial charge in [-0.25, -0.2) is 0 Å². The molecule has 1 aromatic carbocycles. The summed E-state index contributed by atoms with van der Waals surface area (Å²) in [5.41, 5.74) is 2.69. The molecule has 3 nitrogen and oxygen atoms in total. The lowest BCUT2D eigenvalue weighted by atomic mass is 10.0. The molecule has 0 aliphatic carbocycles. The fourth-order valence-corrected chi connectivity index (χ4v) is 2.33. The zero-order valence-electron chi connectivity index (χ0n) is 11.3. The summed E-state index contributed by atoms with van der Waals surface area (Å²) in [6.45, 7) is 3.88. The molecule has 1 saturated heterocycles. The van der Waals surface area contributed by atoms with Crippen molar-refractivity contribution in [3.63, 3.8) is 0 Å². The highest BCUT2D eigenvalue weighted by molar-refractivity contribution is 5.76. The van der Waals surface area contributed by atoms with Crippen molar-refractivity contribution in [2.24, 2.45) is 0 Å². The molecule has 1 aliphatic heterocycles. The van der Waals surface area contributed by atoms with Crippen molar-refractivity contribution in [3.8, 4) is 0 Å². The number of likely N-dealkylation sites (tertiary alicyclic amines) is 1. The fourth-order valence-electron chi connectivity index (χ4n) is 2.33. The van der Waals surface area contributed by atoms with E-state index < -0.39 is 0 Å². The van der Waals surface area contributed by atoms with Crippen LogP contribution >= 0.6 is 0 Å². The Labute approximate surface area is 109 Å². The molecule has 2 rings (SSSR count). The van der Waals surface area contributed by atoms with Gasteiger partial charge in [0.05, 0.1) is 0 Å². The molecule has 0 spiro atoms. The number of hydrogen-bond donors (Lipinski definition) is 1. The number of likely N-dealkylation sites (N-methyl/N-ethyl adjacent to an activating group) is 1. The van der Waals surface area contributed by atoms with E-state index in [1.165, 1.54) is 11.1 Å². The lowest BCUT2D eigenvalue weighted by Gasteiger charge is -2.30. The molecule has 1 N–H and O–H groups in total. The minimum Gasteiger partial charge on any atom is -0.344 e. The van der Waals surface area contributed by atoms with Crippen LogP contribution in [-0.2, 0) is 17.8 Å². The van der Waals surface area contributed by atoms with E-state index in [-0.39, 0.29) is 5.91 Å². The SMILES string of the molecule is CCc1ccc(CNC2CCC(=O)N(C)C2)cc1. The quantitative estimate of drug-likeness (QED) is 0.881. The second kappa shape index (κ2) is 6.01. The molecule has 0 bridgehead atoms. The number of nitrogens with one attached hydrogen (secondary N) is 1. The lowest BCUT2D eigenvalue weighted by Crippen LogP contribution is -2.46. The summed E-state index contributed by atoms with van der Waals surface area (Å²) in [5, 5.41) is 3.53. The first kappa shape index (κ1) is 13.1. The van der Waals surface area contributed by atoms with E-state index in [9.17, 15) is 4.79 Å². The average Bonchev–Trinajstić information content (AvgIpc) is 2.41. The van der Waals surface area contributed by atoms with Gasteiger partial charge in [-0.2, -0.15) is 0 Å². The van der Waals surface area contributed by atoms with Crippen molar-refractivity contribution in [1.29, 1.82) is 0 Å². The second-order valence-electron chi connectivity index (χ2n) is 5.06. The number of nitrogens with zero attached hydrogens (tertiary/aromatic N) is 1. The minimum absolute atomic E-state index is 0.264.